The standard InChI is InChI=1S/C20H20N2O2S/c1-13-5-6-15-12-16(20(24)22-18(15)10-13)7-8-21-19(23)14(2)11-17-4-3-9-25-17/h3-6,9-12H,7-8H2,1-2H3,(H,21,23)(H,22,24)/b14-11+. The van der Waals surface area contributed by atoms with Crippen LogP contribution in [0.25, 0.3) is 17.0 Å². The molecule has 3 rings (SSSR count). The molecule has 0 fully saturated rings. The van der Waals surface area contributed by atoms with Gasteiger partial charge in [0, 0.05) is 28.1 Å². The van der Waals surface area contributed by atoms with Gasteiger partial charge in [-0.05, 0) is 60.9 Å². The van der Waals surface area contributed by atoms with E-state index < -0.39 is 0 Å². The third-order valence-corrected chi connectivity index (χ3v) is 4.84. The number of nitrogens with one attached hydrogen (secondary N) is 2. The lowest BCUT2D eigenvalue weighted by Crippen LogP contribution is -2.27. The van der Waals surface area contributed by atoms with E-state index in [4.69, 9.17) is 0 Å². The number of amides is 1. The second-order valence-electron chi connectivity index (χ2n) is 6.06. The molecule has 0 atom stereocenters. The zero-order valence-electron chi connectivity index (χ0n) is 14.3. The average Bonchev–Trinajstić information content (AvgIpc) is 3.08. The Morgan fingerprint density at radius 2 is 2.12 bits per heavy atom. The highest BCUT2D eigenvalue weighted by molar-refractivity contribution is 7.10. The van der Waals surface area contributed by atoms with E-state index in [9.17, 15) is 9.59 Å². The van der Waals surface area contributed by atoms with Gasteiger partial charge < -0.3 is 10.3 Å². The van der Waals surface area contributed by atoms with Crippen molar-refractivity contribution in [2.24, 2.45) is 0 Å². The van der Waals surface area contributed by atoms with Crippen molar-refractivity contribution in [3.63, 3.8) is 0 Å². The number of aryl methyl sites for hydroxylation is 1. The Labute approximate surface area is 150 Å². The lowest BCUT2D eigenvalue weighted by atomic mass is 10.1. The van der Waals surface area contributed by atoms with Crippen molar-refractivity contribution in [1.29, 1.82) is 0 Å². The summed E-state index contributed by atoms with van der Waals surface area (Å²) in [4.78, 5) is 28.3. The summed E-state index contributed by atoms with van der Waals surface area (Å²) in [5.74, 6) is -0.110. The maximum absolute atomic E-state index is 12.2. The molecule has 0 radical (unpaired) electrons. The van der Waals surface area contributed by atoms with E-state index in [1.165, 1.54) is 0 Å². The first-order chi connectivity index (χ1) is 12.0. The van der Waals surface area contributed by atoms with E-state index in [1.807, 2.05) is 54.8 Å². The smallest absolute Gasteiger partial charge is 0.251 e. The summed E-state index contributed by atoms with van der Waals surface area (Å²) in [6.45, 7) is 4.21. The van der Waals surface area contributed by atoms with Gasteiger partial charge in [-0.15, -0.1) is 11.3 Å². The monoisotopic (exact) mass is 352 g/mol. The van der Waals surface area contributed by atoms with E-state index in [0.29, 0.717) is 24.1 Å². The summed E-state index contributed by atoms with van der Waals surface area (Å²) >= 11 is 1.59. The summed E-state index contributed by atoms with van der Waals surface area (Å²) in [5.41, 5.74) is 3.18. The molecule has 4 nitrogen and oxygen atoms in total. The maximum Gasteiger partial charge on any atom is 0.251 e. The Balaban J connectivity index is 1.65. The van der Waals surface area contributed by atoms with Crippen molar-refractivity contribution in [2.75, 3.05) is 6.54 Å². The normalized spacial score (nSPS) is 11.7. The number of carbonyl (C=O) groups is 1. The minimum absolute atomic E-state index is 0.0989. The molecule has 3 aromatic rings. The zero-order chi connectivity index (χ0) is 17.8. The summed E-state index contributed by atoms with van der Waals surface area (Å²) in [6, 6.07) is 11.8. The molecule has 1 amide bonds. The van der Waals surface area contributed by atoms with Crippen LogP contribution in [0.15, 0.2) is 52.1 Å². The van der Waals surface area contributed by atoms with Crippen LogP contribution < -0.4 is 10.9 Å². The number of fused-ring (bicyclic) bond motifs is 1. The SMILES string of the molecule is C/C(=C\c1cccs1)C(=O)NCCc1cc2ccc(C)cc2[nH]c1=O. The fourth-order valence-electron chi connectivity index (χ4n) is 2.65. The quantitative estimate of drug-likeness (QED) is 0.689. The minimum Gasteiger partial charge on any atom is -0.352 e. The van der Waals surface area contributed by atoms with Crippen molar-refractivity contribution < 1.29 is 4.79 Å². The van der Waals surface area contributed by atoms with Gasteiger partial charge >= 0.3 is 0 Å². The predicted octanol–water partition coefficient (Wildman–Crippen LogP) is 3.66. The van der Waals surface area contributed by atoms with Crippen LogP contribution in [0.5, 0.6) is 0 Å². The van der Waals surface area contributed by atoms with Crippen molar-refractivity contribution in [1.82, 2.24) is 10.3 Å². The summed E-state index contributed by atoms with van der Waals surface area (Å²) in [7, 11) is 0. The zero-order valence-corrected chi connectivity index (χ0v) is 15.1. The van der Waals surface area contributed by atoms with Gasteiger partial charge in [0.2, 0.25) is 5.91 Å². The average molecular weight is 352 g/mol. The minimum atomic E-state index is -0.110. The van der Waals surface area contributed by atoms with Crippen LogP contribution >= 0.6 is 11.3 Å². The second-order valence-corrected chi connectivity index (χ2v) is 7.04. The van der Waals surface area contributed by atoms with Crippen molar-refractivity contribution in [3.8, 4) is 0 Å². The number of pyridine rings is 1. The van der Waals surface area contributed by atoms with E-state index in [2.05, 4.69) is 10.3 Å². The molecule has 0 bridgehead atoms. The molecule has 5 heteroatoms. The lowest BCUT2D eigenvalue weighted by molar-refractivity contribution is -0.117. The summed E-state index contributed by atoms with van der Waals surface area (Å²) in [6.07, 6.45) is 2.36. The second kappa shape index (κ2) is 7.49. The molecular weight excluding hydrogens is 332 g/mol. The van der Waals surface area contributed by atoms with Crippen LogP contribution in [0.4, 0.5) is 0 Å². The fraction of sp³-hybridized carbons (Fsp3) is 0.200. The first-order valence-electron chi connectivity index (χ1n) is 8.15. The van der Waals surface area contributed by atoms with Crippen LogP contribution in [-0.2, 0) is 11.2 Å². The molecule has 0 spiro atoms. The number of hydrogen-bond acceptors (Lipinski definition) is 3. The molecule has 25 heavy (non-hydrogen) atoms. The van der Waals surface area contributed by atoms with Gasteiger partial charge in [-0.3, -0.25) is 9.59 Å². The molecule has 0 unspecified atom stereocenters. The Bertz CT molecular complexity index is 985. The number of H-pyrrole nitrogens is 1. The van der Waals surface area contributed by atoms with Crippen LogP contribution in [0.2, 0.25) is 0 Å². The van der Waals surface area contributed by atoms with Gasteiger partial charge in [-0.1, -0.05) is 18.2 Å². The topological polar surface area (TPSA) is 62.0 Å². The number of thiophene rings is 1. The molecule has 1 aromatic carbocycles. The van der Waals surface area contributed by atoms with Crippen molar-refractivity contribution in [3.05, 3.63) is 73.7 Å². The van der Waals surface area contributed by atoms with Crippen LogP contribution in [0.3, 0.4) is 0 Å². The van der Waals surface area contributed by atoms with E-state index in [-0.39, 0.29) is 11.5 Å². The Morgan fingerprint density at radius 3 is 2.88 bits per heavy atom. The van der Waals surface area contributed by atoms with E-state index in [1.54, 1.807) is 18.3 Å². The van der Waals surface area contributed by atoms with Gasteiger partial charge in [-0.2, -0.15) is 0 Å². The molecule has 2 heterocycles. The Hall–Kier alpha value is -2.66. The van der Waals surface area contributed by atoms with Crippen LogP contribution in [-0.4, -0.2) is 17.4 Å². The Morgan fingerprint density at radius 1 is 1.28 bits per heavy atom. The predicted molar refractivity (Wildman–Crippen MR) is 104 cm³/mol. The maximum atomic E-state index is 12.2. The van der Waals surface area contributed by atoms with Gasteiger partial charge in [-0.25, -0.2) is 0 Å². The number of aromatic nitrogens is 1. The molecule has 2 aromatic heterocycles. The lowest BCUT2D eigenvalue weighted by Gasteiger charge is -2.07. The molecule has 128 valence electrons. The molecular formula is C20H20N2O2S. The van der Waals surface area contributed by atoms with E-state index in [0.717, 1.165) is 21.3 Å². The van der Waals surface area contributed by atoms with Crippen molar-refractivity contribution in [2.45, 2.75) is 20.3 Å². The number of rotatable bonds is 5. The fourth-order valence-corrected chi connectivity index (χ4v) is 3.36. The van der Waals surface area contributed by atoms with Gasteiger partial charge in [0.25, 0.3) is 5.56 Å². The van der Waals surface area contributed by atoms with Gasteiger partial charge in [0.15, 0.2) is 0 Å². The largest absolute Gasteiger partial charge is 0.352 e. The van der Waals surface area contributed by atoms with Crippen molar-refractivity contribution >= 4 is 34.2 Å². The van der Waals surface area contributed by atoms with Gasteiger partial charge in [0.05, 0.1) is 0 Å². The highest BCUT2D eigenvalue weighted by atomic mass is 32.1. The first kappa shape index (κ1) is 17.2. The third kappa shape index (κ3) is 4.25. The number of aromatic amines is 1. The van der Waals surface area contributed by atoms with Gasteiger partial charge in [0.1, 0.15) is 0 Å². The molecule has 2 N–H and O–H groups in total. The molecule has 0 saturated heterocycles. The molecule has 0 aliphatic carbocycles. The third-order valence-electron chi connectivity index (χ3n) is 4.02. The Kier molecular flexibility index (Phi) is 5.14. The molecule has 0 aliphatic rings. The summed E-state index contributed by atoms with van der Waals surface area (Å²) in [5, 5.41) is 5.85. The molecule has 0 aliphatic heterocycles. The van der Waals surface area contributed by atoms with Crippen LogP contribution in [0.1, 0.15) is 22.9 Å². The van der Waals surface area contributed by atoms with Crippen LogP contribution in [0, 0.1) is 6.92 Å². The number of carbonyl (C=O) groups excluding carboxylic acids is 1. The highest BCUT2D eigenvalue weighted by Gasteiger charge is 2.07. The highest BCUT2D eigenvalue weighted by Crippen LogP contribution is 2.14. The van der Waals surface area contributed by atoms with E-state index >= 15 is 0 Å². The summed E-state index contributed by atoms with van der Waals surface area (Å²) < 4.78 is 0. The first-order valence-corrected chi connectivity index (χ1v) is 9.03. The number of hydrogen-bond donors (Lipinski definition) is 2. The number of benzene rings is 1. The molecule has 0 saturated carbocycles.